The molecule has 7 heteroatoms. The highest BCUT2D eigenvalue weighted by atomic mass is 35.5. The molecule has 0 fully saturated rings. The average Bonchev–Trinajstić information content (AvgIpc) is 2.99. The molecular weight excluding hydrogens is 375 g/mol. The lowest BCUT2D eigenvalue weighted by Gasteiger charge is -2.11. The molecule has 0 bridgehead atoms. The quantitative estimate of drug-likeness (QED) is 0.424. The van der Waals surface area contributed by atoms with Gasteiger partial charge in [0.1, 0.15) is 0 Å². The molecule has 0 saturated carbocycles. The van der Waals surface area contributed by atoms with E-state index in [-0.39, 0.29) is 0 Å². The molecule has 3 aromatic rings. The Bertz CT molecular complexity index is 903. The van der Waals surface area contributed by atoms with Gasteiger partial charge in [-0.25, -0.2) is 0 Å². The first-order valence-corrected chi connectivity index (χ1v) is 9.35. The third kappa shape index (κ3) is 4.35. The van der Waals surface area contributed by atoms with Crippen LogP contribution in [-0.2, 0) is 6.54 Å². The van der Waals surface area contributed by atoms with Gasteiger partial charge in [0.05, 0.1) is 17.6 Å². The molecule has 1 aromatic heterocycles. The van der Waals surface area contributed by atoms with Gasteiger partial charge in [0.15, 0.2) is 11.0 Å². The minimum Gasteiger partial charge on any atom is -0.298 e. The van der Waals surface area contributed by atoms with Crippen molar-refractivity contribution >= 4 is 35.0 Å². The van der Waals surface area contributed by atoms with Gasteiger partial charge in [-0.05, 0) is 23.8 Å². The highest BCUT2D eigenvalue weighted by Gasteiger charge is 2.17. The maximum absolute atomic E-state index is 8.76. The highest BCUT2D eigenvalue weighted by molar-refractivity contribution is 7.99. The molecule has 0 atom stereocenters. The Morgan fingerprint density at radius 2 is 1.88 bits per heavy atom. The molecule has 0 aliphatic rings. The largest absolute Gasteiger partial charge is 0.298 e. The SMILES string of the molecule is N#CCCSc1nnc(-c2ccc(Cl)cc2Cl)n1Cc1ccccc1. The zero-order valence-electron chi connectivity index (χ0n) is 13.2. The van der Waals surface area contributed by atoms with Crippen LogP contribution in [0.3, 0.4) is 0 Å². The van der Waals surface area contributed by atoms with Crippen LogP contribution in [0.1, 0.15) is 12.0 Å². The monoisotopic (exact) mass is 388 g/mol. The Balaban J connectivity index is 2.01. The lowest BCUT2D eigenvalue weighted by molar-refractivity contribution is 0.714. The second-order valence-corrected chi connectivity index (χ2v) is 7.16. The summed E-state index contributed by atoms with van der Waals surface area (Å²) in [6.07, 6.45) is 0.458. The van der Waals surface area contributed by atoms with E-state index in [9.17, 15) is 0 Å². The normalized spacial score (nSPS) is 10.6. The van der Waals surface area contributed by atoms with Gasteiger partial charge >= 0.3 is 0 Å². The van der Waals surface area contributed by atoms with Crippen LogP contribution in [0.5, 0.6) is 0 Å². The minimum absolute atomic E-state index is 0.458. The van der Waals surface area contributed by atoms with E-state index in [4.69, 9.17) is 28.5 Å². The van der Waals surface area contributed by atoms with Crippen LogP contribution in [-0.4, -0.2) is 20.5 Å². The summed E-state index contributed by atoms with van der Waals surface area (Å²) >= 11 is 13.9. The summed E-state index contributed by atoms with van der Waals surface area (Å²) in [4.78, 5) is 0. The fraction of sp³-hybridized carbons (Fsp3) is 0.167. The lowest BCUT2D eigenvalue weighted by atomic mass is 10.2. The smallest absolute Gasteiger partial charge is 0.191 e. The van der Waals surface area contributed by atoms with E-state index >= 15 is 0 Å². The number of halogens is 2. The fourth-order valence-corrected chi connectivity index (χ4v) is 3.64. The minimum atomic E-state index is 0.458. The predicted molar refractivity (Wildman–Crippen MR) is 102 cm³/mol. The Labute approximate surface area is 160 Å². The summed E-state index contributed by atoms with van der Waals surface area (Å²) < 4.78 is 2.02. The van der Waals surface area contributed by atoms with Gasteiger partial charge in [-0.1, -0.05) is 65.3 Å². The van der Waals surface area contributed by atoms with Crippen molar-refractivity contribution in [2.24, 2.45) is 0 Å². The summed E-state index contributed by atoms with van der Waals surface area (Å²) in [5.41, 5.74) is 1.91. The number of aromatic nitrogens is 3. The van der Waals surface area contributed by atoms with Crippen LogP contribution < -0.4 is 0 Å². The van der Waals surface area contributed by atoms with Crippen molar-refractivity contribution in [3.63, 3.8) is 0 Å². The van der Waals surface area contributed by atoms with Crippen LogP contribution in [0, 0.1) is 11.3 Å². The van der Waals surface area contributed by atoms with Gasteiger partial charge in [-0.15, -0.1) is 10.2 Å². The molecule has 25 heavy (non-hydrogen) atoms. The second kappa shape index (κ2) is 8.39. The molecule has 2 aromatic carbocycles. The molecule has 1 heterocycles. The number of nitrogens with zero attached hydrogens (tertiary/aromatic N) is 4. The Hall–Kier alpha value is -2.00. The first-order chi connectivity index (χ1) is 12.2. The molecule has 0 radical (unpaired) electrons. The first-order valence-electron chi connectivity index (χ1n) is 7.61. The standard InChI is InChI=1S/C18H14Cl2N4S/c19-14-7-8-15(16(20)11-14)17-22-23-18(25-10-4-9-21)24(17)12-13-5-2-1-3-6-13/h1-3,5-8,11H,4,10,12H2. The molecule has 0 unspecified atom stereocenters. The molecule has 0 aliphatic heterocycles. The van der Waals surface area contributed by atoms with E-state index < -0.39 is 0 Å². The third-order valence-electron chi connectivity index (χ3n) is 3.52. The Kier molecular flexibility index (Phi) is 5.98. The molecular formula is C18H14Cl2N4S. The van der Waals surface area contributed by atoms with Crippen molar-refractivity contribution < 1.29 is 0 Å². The average molecular weight is 389 g/mol. The van der Waals surface area contributed by atoms with E-state index in [2.05, 4.69) is 28.4 Å². The van der Waals surface area contributed by atoms with Gasteiger partial charge in [0, 0.05) is 22.8 Å². The number of hydrogen-bond acceptors (Lipinski definition) is 4. The zero-order chi connectivity index (χ0) is 17.6. The second-order valence-electron chi connectivity index (χ2n) is 5.26. The van der Waals surface area contributed by atoms with Crippen LogP contribution in [0.2, 0.25) is 10.0 Å². The molecule has 0 saturated heterocycles. The maximum Gasteiger partial charge on any atom is 0.191 e. The van der Waals surface area contributed by atoms with Crippen molar-refractivity contribution in [2.75, 3.05) is 5.75 Å². The third-order valence-corrected chi connectivity index (χ3v) is 5.03. The first kappa shape index (κ1) is 17.8. The molecule has 0 amide bonds. The van der Waals surface area contributed by atoms with E-state index in [0.717, 1.165) is 16.3 Å². The maximum atomic E-state index is 8.76. The Morgan fingerprint density at radius 3 is 2.60 bits per heavy atom. The van der Waals surface area contributed by atoms with E-state index in [1.54, 1.807) is 12.1 Å². The number of rotatable bonds is 6. The van der Waals surface area contributed by atoms with Gasteiger partial charge < -0.3 is 0 Å². The van der Waals surface area contributed by atoms with Gasteiger partial charge in [0.25, 0.3) is 0 Å². The van der Waals surface area contributed by atoms with Crippen molar-refractivity contribution in [2.45, 2.75) is 18.1 Å². The van der Waals surface area contributed by atoms with Crippen molar-refractivity contribution in [1.29, 1.82) is 5.26 Å². The molecule has 3 rings (SSSR count). The lowest BCUT2D eigenvalue weighted by Crippen LogP contribution is -2.04. The van der Waals surface area contributed by atoms with Gasteiger partial charge in [-0.3, -0.25) is 4.57 Å². The number of benzene rings is 2. The summed E-state index contributed by atoms with van der Waals surface area (Å²) in [6.45, 7) is 0.622. The summed E-state index contributed by atoms with van der Waals surface area (Å²) in [6, 6.07) is 17.6. The Morgan fingerprint density at radius 1 is 1.08 bits per heavy atom. The number of hydrogen-bond donors (Lipinski definition) is 0. The fourth-order valence-electron chi connectivity index (χ4n) is 2.36. The molecule has 126 valence electrons. The number of nitriles is 1. The molecule has 0 N–H and O–H groups in total. The van der Waals surface area contributed by atoms with E-state index in [1.807, 2.05) is 28.8 Å². The van der Waals surface area contributed by atoms with Crippen molar-refractivity contribution in [3.05, 3.63) is 64.1 Å². The summed E-state index contributed by atoms with van der Waals surface area (Å²) in [5.74, 6) is 1.35. The number of thioether (sulfide) groups is 1. The van der Waals surface area contributed by atoms with Crippen LogP contribution in [0.25, 0.3) is 11.4 Å². The molecule has 0 spiro atoms. The molecule has 4 nitrogen and oxygen atoms in total. The van der Waals surface area contributed by atoms with Crippen LogP contribution >= 0.6 is 35.0 Å². The van der Waals surface area contributed by atoms with E-state index in [0.29, 0.717) is 34.6 Å². The van der Waals surface area contributed by atoms with Gasteiger partial charge in [-0.2, -0.15) is 5.26 Å². The predicted octanol–water partition coefficient (Wildman–Crippen LogP) is 5.31. The van der Waals surface area contributed by atoms with Crippen molar-refractivity contribution in [3.8, 4) is 17.5 Å². The topological polar surface area (TPSA) is 54.5 Å². The van der Waals surface area contributed by atoms with Gasteiger partial charge in [0.2, 0.25) is 0 Å². The van der Waals surface area contributed by atoms with Crippen molar-refractivity contribution in [1.82, 2.24) is 14.8 Å². The van der Waals surface area contributed by atoms with Crippen LogP contribution in [0.15, 0.2) is 53.7 Å². The van der Waals surface area contributed by atoms with E-state index in [1.165, 1.54) is 11.8 Å². The summed E-state index contributed by atoms with van der Waals surface area (Å²) in [5, 5.41) is 19.3. The zero-order valence-corrected chi connectivity index (χ0v) is 15.5. The summed E-state index contributed by atoms with van der Waals surface area (Å²) in [7, 11) is 0. The van der Waals surface area contributed by atoms with Crippen LogP contribution in [0.4, 0.5) is 0 Å². The molecule has 0 aliphatic carbocycles. The highest BCUT2D eigenvalue weighted by Crippen LogP contribution is 2.32.